The van der Waals surface area contributed by atoms with E-state index < -0.39 is 5.91 Å². The summed E-state index contributed by atoms with van der Waals surface area (Å²) < 4.78 is 0. The van der Waals surface area contributed by atoms with Crippen LogP contribution >= 0.6 is 11.6 Å². The monoisotopic (exact) mass is 325 g/mol. The Morgan fingerprint density at radius 2 is 2.04 bits per heavy atom. The van der Waals surface area contributed by atoms with E-state index in [9.17, 15) is 4.79 Å². The van der Waals surface area contributed by atoms with Crippen LogP contribution in [0, 0.1) is 18.3 Å². The lowest BCUT2D eigenvalue weighted by Gasteiger charge is -2.07. The van der Waals surface area contributed by atoms with E-state index in [2.05, 4.69) is 10.6 Å². The summed E-state index contributed by atoms with van der Waals surface area (Å²) in [5.41, 5.74) is 2.70. The fraction of sp³-hybridized carbons (Fsp3) is 0.111. The first-order chi connectivity index (χ1) is 11.1. The van der Waals surface area contributed by atoms with Gasteiger partial charge in [-0.1, -0.05) is 41.9 Å². The quantitative estimate of drug-likeness (QED) is 0.649. The smallest absolute Gasteiger partial charge is 0.263 e. The fourth-order valence-corrected chi connectivity index (χ4v) is 2.15. The minimum atomic E-state index is -0.451. The molecule has 0 spiro atoms. The van der Waals surface area contributed by atoms with Gasteiger partial charge in [-0.2, -0.15) is 5.26 Å². The number of aryl methyl sites for hydroxylation is 1. The van der Waals surface area contributed by atoms with Gasteiger partial charge in [0.05, 0.1) is 0 Å². The first-order valence-electron chi connectivity index (χ1n) is 7.05. The molecule has 0 aromatic heterocycles. The molecule has 0 aliphatic rings. The number of benzene rings is 2. The van der Waals surface area contributed by atoms with Gasteiger partial charge in [0.25, 0.3) is 5.91 Å². The molecule has 1 amide bonds. The highest BCUT2D eigenvalue weighted by molar-refractivity contribution is 6.31. The highest BCUT2D eigenvalue weighted by atomic mass is 35.5. The molecule has 0 aliphatic heterocycles. The molecule has 0 bridgehead atoms. The van der Waals surface area contributed by atoms with E-state index in [1.165, 1.54) is 6.20 Å². The van der Waals surface area contributed by atoms with Crippen molar-refractivity contribution >= 4 is 23.2 Å². The summed E-state index contributed by atoms with van der Waals surface area (Å²) in [6.07, 6.45) is 1.40. The van der Waals surface area contributed by atoms with Crippen molar-refractivity contribution in [3.05, 3.63) is 76.5 Å². The normalized spacial score (nSPS) is 10.7. The van der Waals surface area contributed by atoms with Gasteiger partial charge in [-0.05, 0) is 36.2 Å². The minimum Gasteiger partial charge on any atom is -0.360 e. The van der Waals surface area contributed by atoms with E-state index >= 15 is 0 Å². The number of halogens is 1. The molecule has 0 fully saturated rings. The SMILES string of the molecule is Cc1cccc(N/C=C(/C#N)C(=O)NCc2ccccc2Cl)c1. The summed E-state index contributed by atoms with van der Waals surface area (Å²) in [6.45, 7) is 2.23. The van der Waals surface area contributed by atoms with Crippen molar-refractivity contribution in [3.63, 3.8) is 0 Å². The Labute approximate surface area is 140 Å². The zero-order valence-corrected chi connectivity index (χ0v) is 13.4. The molecule has 2 aromatic carbocycles. The zero-order chi connectivity index (χ0) is 16.7. The predicted octanol–water partition coefficient (Wildman–Crippen LogP) is 3.78. The second-order valence-electron chi connectivity index (χ2n) is 4.96. The van der Waals surface area contributed by atoms with Crippen LogP contribution in [0.4, 0.5) is 5.69 Å². The van der Waals surface area contributed by atoms with Crippen LogP contribution in [-0.4, -0.2) is 5.91 Å². The number of rotatable bonds is 5. The van der Waals surface area contributed by atoms with Gasteiger partial charge in [0.15, 0.2) is 0 Å². The number of nitrogens with one attached hydrogen (secondary N) is 2. The molecule has 116 valence electrons. The van der Waals surface area contributed by atoms with Gasteiger partial charge < -0.3 is 10.6 Å². The standard InChI is InChI=1S/C18H16ClN3O/c1-13-5-4-7-16(9-13)21-12-15(10-20)18(23)22-11-14-6-2-3-8-17(14)19/h2-9,12,21H,11H2,1H3,(H,22,23)/b15-12-. The maximum Gasteiger partial charge on any atom is 0.263 e. The van der Waals surface area contributed by atoms with Crippen molar-refractivity contribution < 1.29 is 4.79 Å². The molecule has 2 aromatic rings. The highest BCUT2D eigenvalue weighted by Gasteiger charge is 2.09. The third-order valence-electron chi connectivity index (χ3n) is 3.16. The molecule has 2 rings (SSSR count). The molecule has 2 N–H and O–H groups in total. The number of hydrogen-bond acceptors (Lipinski definition) is 3. The molecule has 0 saturated carbocycles. The predicted molar refractivity (Wildman–Crippen MR) is 91.8 cm³/mol. The van der Waals surface area contributed by atoms with Crippen LogP contribution in [0.2, 0.25) is 5.02 Å². The number of nitriles is 1. The van der Waals surface area contributed by atoms with E-state index in [-0.39, 0.29) is 12.1 Å². The maximum atomic E-state index is 12.1. The van der Waals surface area contributed by atoms with E-state index in [0.717, 1.165) is 16.8 Å². The van der Waals surface area contributed by atoms with Gasteiger partial charge in [-0.15, -0.1) is 0 Å². The molecule has 0 heterocycles. The number of carbonyl (C=O) groups is 1. The Morgan fingerprint density at radius 3 is 2.74 bits per heavy atom. The van der Waals surface area contributed by atoms with Gasteiger partial charge in [-0.3, -0.25) is 4.79 Å². The van der Waals surface area contributed by atoms with Gasteiger partial charge in [0.2, 0.25) is 0 Å². The third kappa shape index (κ3) is 4.87. The Morgan fingerprint density at radius 1 is 1.26 bits per heavy atom. The second kappa shape index (κ2) is 8.02. The first kappa shape index (κ1) is 16.6. The van der Waals surface area contributed by atoms with Gasteiger partial charge in [0, 0.05) is 23.5 Å². The first-order valence-corrected chi connectivity index (χ1v) is 7.43. The summed E-state index contributed by atoms with van der Waals surface area (Å²) in [5.74, 6) is -0.451. The second-order valence-corrected chi connectivity index (χ2v) is 5.36. The molecular weight excluding hydrogens is 310 g/mol. The molecule has 0 saturated heterocycles. The molecular formula is C18H16ClN3O. The number of anilines is 1. The lowest BCUT2D eigenvalue weighted by Crippen LogP contribution is -2.24. The van der Waals surface area contributed by atoms with Gasteiger partial charge >= 0.3 is 0 Å². The van der Waals surface area contributed by atoms with Crippen LogP contribution in [0.3, 0.4) is 0 Å². The van der Waals surface area contributed by atoms with Crippen LogP contribution in [0.15, 0.2) is 60.3 Å². The van der Waals surface area contributed by atoms with Crippen molar-refractivity contribution in [3.8, 4) is 6.07 Å². The van der Waals surface area contributed by atoms with E-state index in [1.54, 1.807) is 6.07 Å². The topological polar surface area (TPSA) is 64.9 Å². The maximum absolute atomic E-state index is 12.1. The molecule has 0 radical (unpaired) electrons. The molecule has 0 aliphatic carbocycles. The van der Waals surface area contributed by atoms with Crippen molar-refractivity contribution in [1.82, 2.24) is 5.32 Å². The molecule has 0 unspecified atom stereocenters. The van der Waals surface area contributed by atoms with Gasteiger partial charge in [0.1, 0.15) is 11.6 Å². The Bertz CT molecular complexity index is 778. The summed E-state index contributed by atoms with van der Waals surface area (Å²) >= 11 is 6.03. The number of amides is 1. The lowest BCUT2D eigenvalue weighted by molar-refractivity contribution is -0.117. The summed E-state index contributed by atoms with van der Waals surface area (Å²) in [4.78, 5) is 12.1. The number of carbonyl (C=O) groups excluding carboxylic acids is 1. The van der Waals surface area contributed by atoms with Crippen molar-refractivity contribution in [2.75, 3.05) is 5.32 Å². The van der Waals surface area contributed by atoms with E-state index in [0.29, 0.717) is 5.02 Å². The van der Waals surface area contributed by atoms with Crippen molar-refractivity contribution in [2.24, 2.45) is 0 Å². The summed E-state index contributed by atoms with van der Waals surface area (Å²) in [5, 5.41) is 15.4. The van der Waals surface area contributed by atoms with E-state index in [1.807, 2.05) is 55.5 Å². The van der Waals surface area contributed by atoms with Crippen LogP contribution in [0.1, 0.15) is 11.1 Å². The average Bonchev–Trinajstić information content (AvgIpc) is 2.55. The summed E-state index contributed by atoms with van der Waals surface area (Å²) in [6, 6.07) is 16.8. The molecule has 0 atom stereocenters. The third-order valence-corrected chi connectivity index (χ3v) is 3.53. The number of nitrogens with zero attached hydrogens (tertiary/aromatic N) is 1. The average molecular weight is 326 g/mol. The van der Waals surface area contributed by atoms with Crippen molar-refractivity contribution in [1.29, 1.82) is 5.26 Å². The molecule has 23 heavy (non-hydrogen) atoms. The van der Waals surface area contributed by atoms with Crippen LogP contribution in [0.25, 0.3) is 0 Å². The largest absolute Gasteiger partial charge is 0.360 e. The molecule has 5 heteroatoms. The fourth-order valence-electron chi connectivity index (χ4n) is 1.95. The highest BCUT2D eigenvalue weighted by Crippen LogP contribution is 2.14. The minimum absolute atomic E-state index is 0.00133. The Balaban J connectivity index is 2.00. The van der Waals surface area contributed by atoms with Crippen LogP contribution in [-0.2, 0) is 11.3 Å². The zero-order valence-electron chi connectivity index (χ0n) is 12.6. The number of hydrogen-bond donors (Lipinski definition) is 2. The Hall–Kier alpha value is -2.77. The lowest BCUT2D eigenvalue weighted by atomic mass is 10.2. The van der Waals surface area contributed by atoms with Crippen molar-refractivity contribution in [2.45, 2.75) is 13.5 Å². The Kier molecular flexibility index (Phi) is 5.79. The van der Waals surface area contributed by atoms with Crippen LogP contribution < -0.4 is 10.6 Å². The van der Waals surface area contributed by atoms with E-state index in [4.69, 9.17) is 16.9 Å². The van der Waals surface area contributed by atoms with Gasteiger partial charge in [-0.25, -0.2) is 0 Å². The molecule has 4 nitrogen and oxygen atoms in total. The van der Waals surface area contributed by atoms with Crippen LogP contribution in [0.5, 0.6) is 0 Å². The summed E-state index contributed by atoms with van der Waals surface area (Å²) in [7, 11) is 0.